The molecule has 1 unspecified atom stereocenters. The van der Waals surface area contributed by atoms with E-state index in [1.54, 1.807) is 55.5 Å². The van der Waals surface area contributed by atoms with Gasteiger partial charge >= 0.3 is 6.03 Å². The van der Waals surface area contributed by atoms with Crippen LogP contribution in [0.1, 0.15) is 18.1 Å². The summed E-state index contributed by atoms with van der Waals surface area (Å²) in [7, 11) is 0. The minimum absolute atomic E-state index is 0.396. The van der Waals surface area contributed by atoms with Gasteiger partial charge in [0.1, 0.15) is 12.1 Å². The van der Waals surface area contributed by atoms with Gasteiger partial charge in [0.15, 0.2) is 0 Å². The Balaban J connectivity index is 1.71. The van der Waals surface area contributed by atoms with E-state index in [1.165, 1.54) is 0 Å². The van der Waals surface area contributed by atoms with E-state index in [9.17, 15) is 14.4 Å². The normalized spacial score (nSPS) is 19.0. The lowest BCUT2D eigenvalue weighted by molar-refractivity contribution is -0.133. The lowest BCUT2D eigenvalue weighted by atomic mass is 9.92. The molecule has 1 heterocycles. The number of anilines is 1. The first-order valence-corrected chi connectivity index (χ1v) is 7.94. The molecule has 7 nitrogen and oxygen atoms in total. The number of hydrogen-bond donors (Lipinski definition) is 2. The highest BCUT2D eigenvalue weighted by Gasteiger charge is 2.49. The summed E-state index contributed by atoms with van der Waals surface area (Å²) in [5.74, 6) is -0.987. The summed E-state index contributed by atoms with van der Waals surface area (Å²) in [5.41, 5.74) is 0.392. The summed E-state index contributed by atoms with van der Waals surface area (Å²) in [6.45, 7) is 1.22. The van der Waals surface area contributed by atoms with E-state index in [1.807, 2.05) is 12.1 Å². The van der Waals surface area contributed by atoms with Gasteiger partial charge in [0, 0.05) is 5.69 Å². The molecule has 2 aromatic rings. The van der Waals surface area contributed by atoms with Crippen molar-refractivity contribution in [1.82, 2.24) is 10.2 Å². The number of carbonyl (C=O) groups is 3. The van der Waals surface area contributed by atoms with Gasteiger partial charge in [0.2, 0.25) is 5.91 Å². The summed E-state index contributed by atoms with van der Waals surface area (Å²) in [5, 5.41) is 14.0. The first kappa shape index (κ1) is 17.2. The molecule has 0 saturated carbocycles. The molecule has 0 bridgehead atoms. The lowest BCUT2D eigenvalue weighted by Gasteiger charge is -2.22. The van der Waals surface area contributed by atoms with E-state index in [2.05, 4.69) is 10.6 Å². The van der Waals surface area contributed by atoms with Crippen LogP contribution in [0.25, 0.3) is 0 Å². The minimum atomic E-state index is -1.20. The zero-order chi connectivity index (χ0) is 18.7. The Hall–Kier alpha value is -3.66. The van der Waals surface area contributed by atoms with Gasteiger partial charge in [-0.2, -0.15) is 5.26 Å². The van der Waals surface area contributed by atoms with Gasteiger partial charge < -0.3 is 10.6 Å². The fraction of sp³-hybridized carbons (Fsp3) is 0.158. The largest absolute Gasteiger partial charge is 0.325 e. The zero-order valence-corrected chi connectivity index (χ0v) is 14.0. The highest BCUT2D eigenvalue weighted by Crippen LogP contribution is 2.28. The summed E-state index contributed by atoms with van der Waals surface area (Å²) < 4.78 is 0. The smallest absolute Gasteiger partial charge is 0.325 e. The van der Waals surface area contributed by atoms with E-state index >= 15 is 0 Å². The van der Waals surface area contributed by atoms with Gasteiger partial charge in [-0.15, -0.1) is 0 Å². The number of imide groups is 1. The van der Waals surface area contributed by atoms with Gasteiger partial charge in [-0.25, -0.2) is 4.79 Å². The van der Waals surface area contributed by atoms with Crippen LogP contribution >= 0.6 is 0 Å². The molecule has 1 aliphatic rings. The molecule has 4 amide bonds. The second-order valence-electron chi connectivity index (χ2n) is 6.05. The third-order valence-corrected chi connectivity index (χ3v) is 4.23. The van der Waals surface area contributed by atoms with Crippen LogP contribution in [-0.4, -0.2) is 29.3 Å². The van der Waals surface area contributed by atoms with E-state index in [0.717, 1.165) is 4.90 Å². The molecular formula is C19H16N4O3. The highest BCUT2D eigenvalue weighted by molar-refractivity contribution is 6.10. The Morgan fingerprint density at radius 1 is 1.15 bits per heavy atom. The summed E-state index contributed by atoms with van der Waals surface area (Å²) >= 11 is 0. The van der Waals surface area contributed by atoms with Crippen LogP contribution in [0, 0.1) is 11.3 Å². The number of rotatable bonds is 4. The molecule has 7 heteroatoms. The minimum Gasteiger partial charge on any atom is -0.325 e. The standard InChI is InChI=1S/C19H16N4O3/c1-19(14-5-3-2-4-6-14)17(25)23(18(26)22-19)12-16(24)21-15-9-7-13(11-20)8-10-15/h2-10H,12H2,1H3,(H,21,24)(H,22,26). The molecule has 0 radical (unpaired) electrons. The second-order valence-corrected chi connectivity index (χ2v) is 6.05. The maximum Gasteiger partial charge on any atom is 0.325 e. The molecule has 2 aromatic carbocycles. The van der Waals surface area contributed by atoms with Crippen molar-refractivity contribution >= 4 is 23.5 Å². The van der Waals surface area contributed by atoms with E-state index in [-0.39, 0.29) is 0 Å². The average Bonchev–Trinajstić information content (AvgIpc) is 2.87. The molecule has 1 aliphatic heterocycles. The number of carbonyl (C=O) groups excluding carboxylic acids is 3. The number of hydrogen-bond acceptors (Lipinski definition) is 4. The van der Waals surface area contributed by atoms with Gasteiger partial charge in [0.05, 0.1) is 11.6 Å². The Labute approximate surface area is 150 Å². The molecule has 1 atom stereocenters. The van der Waals surface area contributed by atoms with Crippen molar-refractivity contribution in [3.05, 3.63) is 65.7 Å². The number of benzene rings is 2. The van der Waals surface area contributed by atoms with Crippen LogP contribution in [-0.2, 0) is 15.1 Å². The van der Waals surface area contributed by atoms with Gasteiger partial charge in [0.25, 0.3) is 5.91 Å². The maximum absolute atomic E-state index is 12.7. The molecular weight excluding hydrogens is 332 g/mol. The van der Waals surface area contributed by atoms with Crippen LogP contribution in [0.5, 0.6) is 0 Å². The van der Waals surface area contributed by atoms with Crippen molar-refractivity contribution in [2.45, 2.75) is 12.5 Å². The van der Waals surface area contributed by atoms with Crippen LogP contribution in [0.3, 0.4) is 0 Å². The first-order chi connectivity index (χ1) is 12.4. The lowest BCUT2D eigenvalue weighted by Crippen LogP contribution is -2.42. The van der Waals surface area contributed by atoms with Gasteiger partial charge in [-0.3, -0.25) is 14.5 Å². The number of nitrogens with one attached hydrogen (secondary N) is 2. The summed E-state index contributed by atoms with van der Waals surface area (Å²) in [6, 6.07) is 16.5. The SMILES string of the molecule is CC1(c2ccccc2)NC(=O)N(CC(=O)Nc2ccc(C#N)cc2)C1=O. The fourth-order valence-electron chi connectivity index (χ4n) is 2.78. The number of nitriles is 1. The molecule has 1 fully saturated rings. The Kier molecular flexibility index (Phi) is 4.42. The van der Waals surface area contributed by atoms with Gasteiger partial charge in [-0.05, 0) is 36.8 Å². The maximum atomic E-state index is 12.7. The third-order valence-electron chi connectivity index (χ3n) is 4.23. The quantitative estimate of drug-likeness (QED) is 0.825. The van der Waals surface area contributed by atoms with Crippen LogP contribution < -0.4 is 10.6 Å². The molecule has 0 spiro atoms. The summed E-state index contributed by atoms with van der Waals surface area (Å²) in [4.78, 5) is 38.1. The number of amides is 4. The Bertz CT molecular complexity index is 903. The van der Waals surface area contributed by atoms with Crippen molar-refractivity contribution in [2.24, 2.45) is 0 Å². The number of urea groups is 1. The van der Waals surface area contributed by atoms with Crippen LogP contribution in [0.4, 0.5) is 10.5 Å². The number of nitrogens with zero attached hydrogens (tertiary/aromatic N) is 2. The van der Waals surface area contributed by atoms with E-state index in [0.29, 0.717) is 16.8 Å². The van der Waals surface area contributed by atoms with Crippen molar-refractivity contribution < 1.29 is 14.4 Å². The molecule has 0 aliphatic carbocycles. The monoisotopic (exact) mass is 348 g/mol. The molecule has 26 heavy (non-hydrogen) atoms. The second kappa shape index (κ2) is 6.69. The van der Waals surface area contributed by atoms with Crippen molar-refractivity contribution in [2.75, 3.05) is 11.9 Å². The summed E-state index contributed by atoms with van der Waals surface area (Å²) in [6.07, 6.45) is 0. The van der Waals surface area contributed by atoms with Crippen LogP contribution in [0.15, 0.2) is 54.6 Å². The topological polar surface area (TPSA) is 102 Å². The van der Waals surface area contributed by atoms with Crippen molar-refractivity contribution in [1.29, 1.82) is 5.26 Å². The van der Waals surface area contributed by atoms with E-state index < -0.39 is 29.9 Å². The highest BCUT2D eigenvalue weighted by atomic mass is 16.2. The molecule has 2 N–H and O–H groups in total. The van der Waals surface area contributed by atoms with Crippen molar-refractivity contribution in [3.8, 4) is 6.07 Å². The predicted molar refractivity (Wildman–Crippen MR) is 93.8 cm³/mol. The molecule has 130 valence electrons. The van der Waals surface area contributed by atoms with E-state index in [4.69, 9.17) is 5.26 Å². The average molecular weight is 348 g/mol. The zero-order valence-electron chi connectivity index (χ0n) is 14.0. The van der Waals surface area contributed by atoms with Crippen LogP contribution in [0.2, 0.25) is 0 Å². The first-order valence-electron chi connectivity index (χ1n) is 7.94. The van der Waals surface area contributed by atoms with Crippen molar-refractivity contribution in [3.63, 3.8) is 0 Å². The van der Waals surface area contributed by atoms with Gasteiger partial charge in [-0.1, -0.05) is 30.3 Å². The predicted octanol–water partition coefficient (Wildman–Crippen LogP) is 1.96. The third kappa shape index (κ3) is 3.13. The Morgan fingerprint density at radius 2 is 1.81 bits per heavy atom. The fourth-order valence-corrected chi connectivity index (χ4v) is 2.78. The molecule has 1 saturated heterocycles. The molecule has 0 aromatic heterocycles. The Morgan fingerprint density at radius 3 is 2.42 bits per heavy atom. The molecule has 3 rings (SSSR count).